The second-order valence-electron chi connectivity index (χ2n) is 5.07. The third kappa shape index (κ3) is 2.74. The molecular weight excluding hydrogens is 385 g/mol. The first-order valence-corrected chi connectivity index (χ1v) is 8.04. The lowest BCUT2D eigenvalue weighted by Gasteiger charge is -2.33. The second kappa shape index (κ2) is 5.82. The van der Waals surface area contributed by atoms with Crippen molar-refractivity contribution in [3.05, 3.63) is 56.6 Å². The fourth-order valence-corrected chi connectivity index (χ4v) is 3.51. The van der Waals surface area contributed by atoms with Gasteiger partial charge in [0.15, 0.2) is 0 Å². The van der Waals surface area contributed by atoms with Crippen molar-refractivity contribution in [2.45, 2.75) is 13.0 Å². The average molecular weight is 400 g/mol. The highest BCUT2D eigenvalue weighted by atomic mass is 127. The molecule has 0 saturated heterocycles. The van der Waals surface area contributed by atoms with Crippen molar-refractivity contribution in [3.63, 3.8) is 0 Å². The zero-order valence-corrected chi connectivity index (χ0v) is 14.0. The van der Waals surface area contributed by atoms with Gasteiger partial charge in [-0.1, -0.05) is 36.7 Å². The van der Waals surface area contributed by atoms with Crippen molar-refractivity contribution in [2.75, 3.05) is 11.9 Å². The Hall–Kier alpha value is -0.940. The van der Waals surface area contributed by atoms with Gasteiger partial charge in [-0.05, 0) is 46.9 Å². The summed E-state index contributed by atoms with van der Waals surface area (Å²) < 4.78 is 6.92. The third-order valence-electron chi connectivity index (χ3n) is 3.57. The second-order valence-corrected chi connectivity index (χ2v) is 6.67. The number of ether oxygens (including phenoxy) is 1. The number of hydrogen-bond acceptors (Lipinski definition) is 2. The van der Waals surface area contributed by atoms with Gasteiger partial charge in [-0.25, -0.2) is 0 Å². The molecule has 0 saturated carbocycles. The monoisotopic (exact) mass is 399 g/mol. The Balaban J connectivity index is 1.93. The topological polar surface area (TPSA) is 21.3 Å². The molecule has 0 aromatic heterocycles. The largest absolute Gasteiger partial charge is 0.493 e. The molecule has 0 radical (unpaired) electrons. The van der Waals surface area contributed by atoms with Crippen molar-refractivity contribution in [2.24, 2.45) is 5.92 Å². The van der Waals surface area contributed by atoms with Crippen LogP contribution in [0.1, 0.15) is 18.5 Å². The fraction of sp³-hybridized carbons (Fsp3) is 0.250. The van der Waals surface area contributed by atoms with Gasteiger partial charge >= 0.3 is 0 Å². The molecule has 1 N–H and O–H groups in total. The van der Waals surface area contributed by atoms with Crippen LogP contribution < -0.4 is 10.1 Å². The Bertz CT molecular complexity index is 632. The van der Waals surface area contributed by atoms with Gasteiger partial charge in [0.25, 0.3) is 0 Å². The molecule has 1 aliphatic rings. The molecular formula is C16H15ClINO. The maximum Gasteiger partial charge on any atom is 0.124 e. The van der Waals surface area contributed by atoms with Crippen molar-refractivity contribution < 1.29 is 4.74 Å². The van der Waals surface area contributed by atoms with Crippen molar-refractivity contribution in [3.8, 4) is 5.75 Å². The van der Waals surface area contributed by atoms with Crippen LogP contribution in [-0.4, -0.2) is 6.61 Å². The lowest BCUT2D eigenvalue weighted by molar-refractivity contribution is 0.214. The summed E-state index contributed by atoms with van der Waals surface area (Å²) in [5.41, 5.74) is 2.33. The van der Waals surface area contributed by atoms with Crippen LogP contribution in [0.2, 0.25) is 5.02 Å². The number of para-hydroxylation sites is 1. The van der Waals surface area contributed by atoms with E-state index in [-0.39, 0.29) is 6.04 Å². The summed E-state index contributed by atoms with van der Waals surface area (Å²) >= 11 is 8.33. The molecule has 4 heteroatoms. The first-order valence-electron chi connectivity index (χ1n) is 6.58. The molecule has 20 heavy (non-hydrogen) atoms. The number of halogens is 2. The predicted octanol–water partition coefficient (Wildman–Crippen LogP) is 5.13. The first kappa shape index (κ1) is 14.0. The van der Waals surface area contributed by atoms with Gasteiger partial charge in [-0.2, -0.15) is 0 Å². The highest BCUT2D eigenvalue weighted by Gasteiger charge is 2.27. The van der Waals surface area contributed by atoms with Crippen LogP contribution in [0.25, 0.3) is 0 Å². The molecule has 2 nitrogen and oxygen atoms in total. The molecule has 0 spiro atoms. The third-order valence-corrected chi connectivity index (χ3v) is 4.69. The van der Waals surface area contributed by atoms with E-state index >= 15 is 0 Å². The van der Waals surface area contributed by atoms with Crippen LogP contribution in [0.3, 0.4) is 0 Å². The van der Waals surface area contributed by atoms with Crippen LogP contribution >= 0.6 is 34.2 Å². The van der Waals surface area contributed by atoms with Gasteiger partial charge in [0.05, 0.1) is 12.6 Å². The van der Waals surface area contributed by atoms with E-state index in [1.54, 1.807) is 0 Å². The van der Waals surface area contributed by atoms with E-state index in [0.717, 1.165) is 26.6 Å². The highest BCUT2D eigenvalue weighted by Crippen LogP contribution is 2.38. The quantitative estimate of drug-likeness (QED) is 0.707. The number of rotatable bonds is 2. The molecule has 2 atom stereocenters. The van der Waals surface area contributed by atoms with E-state index in [2.05, 4.69) is 47.0 Å². The molecule has 1 heterocycles. The summed E-state index contributed by atoms with van der Waals surface area (Å²) in [7, 11) is 0. The molecule has 3 rings (SSSR count). The number of fused-ring (bicyclic) bond motifs is 1. The summed E-state index contributed by atoms with van der Waals surface area (Å²) in [5.74, 6) is 1.39. The molecule has 2 aromatic rings. The smallest absolute Gasteiger partial charge is 0.124 e. The van der Waals surface area contributed by atoms with E-state index < -0.39 is 0 Å². The minimum absolute atomic E-state index is 0.259. The Kier molecular flexibility index (Phi) is 4.08. The van der Waals surface area contributed by atoms with Crippen molar-refractivity contribution in [1.29, 1.82) is 0 Å². The van der Waals surface area contributed by atoms with Crippen molar-refractivity contribution in [1.82, 2.24) is 0 Å². The SMILES string of the molecule is CC1COc2ccccc2C1Nc1ccc(Cl)cc1I. The van der Waals surface area contributed by atoms with Crippen LogP contribution in [0.5, 0.6) is 5.75 Å². The minimum Gasteiger partial charge on any atom is -0.493 e. The van der Waals surface area contributed by atoms with Crippen LogP contribution in [0.4, 0.5) is 5.69 Å². The minimum atomic E-state index is 0.259. The molecule has 0 bridgehead atoms. The van der Waals surface area contributed by atoms with Gasteiger partial charge in [0.2, 0.25) is 0 Å². The van der Waals surface area contributed by atoms with E-state index in [0.29, 0.717) is 5.92 Å². The summed E-state index contributed by atoms with van der Waals surface area (Å²) in [6.45, 7) is 2.94. The number of benzene rings is 2. The number of anilines is 1. The molecule has 2 unspecified atom stereocenters. The summed E-state index contributed by atoms with van der Waals surface area (Å²) in [4.78, 5) is 0. The maximum absolute atomic E-state index is 6.02. The Morgan fingerprint density at radius 3 is 2.85 bits per heavy atom. The normalized spacial score (nSPS) is 20.9. The fourth-order valence-electron chi connectivity index (χ4n) is 2.49. The molecule has 0 aliphatic carbocycles. The summed E-state index contributed by atoms with van der Waals surface area (Å²) in [6.07, 6.45) is 0. The number of nitrogens with one attached hydrogen (secondary N) is 1. The van der Waals surface area contributed by atoms with E-state index in [1.165, 1.54) is 5.56 Å². The summed E-state index contributed by atoms with van der Waals surface area (Å²) in [5, 5.41) is 4.40. The average Bonchev–Trinajstić information content (AvgIpc) is 2.44. The standard InChI is InChI=1S/C16H15ClINO/c1-10-9-20-15-5-3-2-4-12(15)16(10)19-14-7-6-11(17)8-13(14)18/h2-8,10,16,19H,9H2,1H3. The van der Waals surface area contributed by atoms with Gasteiger partial charge in [0.1, 0.15) is 5.75 Å². The molecule has 104 valence electrons. The zero-order valence-electron chi connectivity index (χ0n) is 11.1. The van der Waals surface area contributed by atoms with Crippen molar-refractivity contribution >= 4 is 39.9 Å². The lowest BCUT2D eigenvalue weighted by Crippen LogP contribution is -2.29. The molecule has 1 aliphatic heterocycles. The first-order chi connectivity index (χ1) is 9.65. The maximum atomic E-state index is 6.02. The van der Waals surface area contributed by atoms with Gasteiger partial charge < -0.3 is 10.1 Å². The van der Waals surface area contributed by atoms with E-state index in [1.807, 2.05) is 30.3 Å². The van der Waals surface area contributed by atoms with Gasteiger partial charge in [-0.15, -0.1) is 0 Å². The van der Waals surface area contributed by atoms with Crippen LogP contribution in [0.15, 0.2) is 42.5 Å². The van der Waals surface area contributed by atoms with Gasteiger partial charge in [-0.3, -0.25) is 0 Å². The molecule has 0 fully saturated rings. The lowest BCUT2D eigenvalue weighted by atomic mass is 9.92. The van der Waals surface area contributed by atoms with Crippen LogP contribution in [-0.2, 0) is 0 Å². The Morgan fingerprint density at radius 2 is 2.05 bits per heavy atom. The predicted molar refractivity (Wildman–Crippen MR) is 91.6 cm³/mol. The Morgan fingerprint density at radius 1 is 1.25 bits per heavy atom. The Labute approximate surface area is 137 Å². The number of hydrogen-bond donors (Lipinski definition) is 1. The summed E-state index contributed by atoms with van der Waals surface area (Å²) in [6, 6.07) is 14.4. The zero-order chi connectivity index (χ0) is 14.1. The molecule has 0 amide bonds. The van der Waals surface area contributed by atoms with E-state index in [4.69, 9.17) is 16.3 Å². The highest BCUT2D eigenvalue weighted by molar-refractivity contribution is 14.1. The van der Waals surface area contributed by atoms with Gasteiger partial charge in [0, 0.05) is 25.8 Å². The van der Waals surface area contributed by atoms with E-state index in [9.17, 15) is 0 Å². The van der Waals surface area contributed by atoms with Crippen LogP contribution in [0, 0.1) is 9.49 Å². The molecule has 2 aromatic carbocycles.